The number of carbonyl (C=O) groups excluding carboxylic acids is 1. The summed E-state index contributed by atoms with van der Waals surface area (Å²) < 4.78 is 70.2. The first kappa shape index (κ1) is 23.7. The van der Waals surface area contributed by atoms with Crippen LogP contribution in [-0.4, -0.2) is 48.3 Å². The zero-order valence-corrected chi connectivity index (χ0v) is 17.9. The van der Waals surface area contributed by atoms with Gasteiger partial charge < -0.3 is 19.2 Å². The van der Waals surface area contributed by atoms with E-state index in [0.717, 1.165) is 6.07 Å². The average Bonchev–Trinajstić information content (AvgIpc) is 3.39. The van der Waals surface area contributed by atoms with Crippen LogP contribution < -0.4 is 10.1 Å². The van der Waals surface area contributed by atoms with Crippen molar-refractivity contribution in [3.05, 3.63) is 40.8 Å². The Balaban J connectivity index is 1.18. The summed E-state index contributed by atoms with van der Waals surface area (Å²) in [7, 11) is 0. The highest BCUT2D eigenvalue weighted by molar-refractivity contribution is 6.30. The Morgan fingerprint density at radius 3 is 2.73 bits per heavy atom. The Kier molecular flexibility index (Phi) is 7.05. The largest absolute Gasteiger partial charge is 0.522 e. The molecule has 1 amide bonds. The average molecular weight is 494 g/mol. The van der Waals surface area contributed by atoms with E-state index in [0.29, 0.717) is 19.3 Å². The number of halogens is 5. The minimum absolute atomic E-state index is 0.0403. The topological polar surface area (TPSA) is 95.7 Å². The van der Waals surface area contributed by atoms with Crippen molar-refractivity contribution in [1.29, 1.82) is 0 Å². The molecule has 8 nitrogen and oxygen atoms in total. The second-order valence-corrected chi connectivity index (χ2v) is 8.27. The molecule has 1 aliphatic heterocycles. The Labute approximate surface area is 190 Å². The van der Waals surface area contributed by atoms with Crippen LogP contribution in [0.1, 0.15) is 43.1 Å². The highest BCUT2D eigenvalue weighted by Gasteiger charge is 2.45. The van der Waals surface area contributed by atoms with Crippen LogP contribution >= 0.6 is 11.6 Å². The molecular formula is C20H20ClF4N3O5. The molecule has 0 bridgehead atoms. The Morgan fingerprint density at radius 1 is 1.24 bits per heavy atom. The van der Waals surface area contributed by atoms with Gasteiger partial charge in [0.25, 0.3) is 5.91 Å². The van der Waals surface area contributed by atoms with Crippen LogP contribution in [0.5, 0.6) is 5.75 Å². The highest BCUT2D eigenvalue weighted by atomic mass is 35.5. The molecule has 33 heavy (non-hydrogen) atoms. The molecule has 0 spiro atoms. The molecule has 1 aromatic heterocycles. The molecule has 0 radical (unpaired) electrons. The van der Waals surface area contributed by atoms with Crippen molar-refractivity contribution in [3.63, 3.8) is 0 Å². The summed E-state index contributed by atoms with van der Waals surface area (Å²) in [4.78, 5) is 12.1. The van der Waals surface area contributed by atoms with Crippen LogP contribution in [0, 0.1) is 11.7 Å². The Morgan fingerprint density at radius 2 is 2.03 bits per heavy atom. The SMILES string of the molecule is O=C(COc1ccc(Cl)c(F)c1)N[C@@H]1CC[C@@H](c2nnc(C3CC3COC(F)(F)F)o2)OC1. The van der Waals surface area contributed by atoms with Crippen molar-refractivity contribution in [2.45, 2.75) is 43.7 Å². The van der Waals surface area contributed by atoms with Gasteiger partial charge in [-0.2, -0.15) is 0 Å². The molecule has 2 unspecified atom stereocenters. The van der Waals surface area contributed by atoms with Gasteiger partial charge in [-0.05, 0) is 37.3 Å². The maximum Gasteiger partial charge on any atom is 0.522 e. The second kappa shape index (κ2) is 9.82. The van der Waals surface area contributed by atoms with E-state index in [9.17, 15) is 22.4 Å². The van der Waals surface area contributed by atoms with Crippen molar-refractivity contribution >= 4 is 17.5 Å². The summed E-state index contributed by atoms with van der Waals surface area (Å²) in [5.41, 5.74) is 0. The lowest BCUT2D eigenvalue weighted by atomic mass is 10.0. The predicted octanol–water partition coefficient (Wildman–Crippen LogP) is 3.92. The van der Waals surface area contributed by atoms with Gasteiger partial charge in [0, 0.05) is 12.0 Å². The first-order chi connectivity index (χ1) is 15.7. The van der Waals surface area contributed by atoms with Gasteiger partial charge in [0.15, 0.2) is 6.61 Å². The van der Waals surface area contributed by atoms with Gasteiger partial charge in [-0.15, -0.1) is 23.4 Å². The fourth-order valence-corrected chi connectivity index (χ4v) is 3.62. The fourth-order valence-electron chi connectivity index (χ4n) is 3.51. The third kappa shape index (κ3) is 6.55. The molecule has 4 rings (SSSR count). The van der Waals surface area contributed by atoms with Gasteiger partial charge in [0.05, 0.1) is 24.3 Å². The molecule has 1 aliphatic carbocycles. The second-order valence-electron chi connectivity index (χ2n) is 7.87. The summed E-state index contributed by atoms with van der Waals surface area (Å²) in [5.74, 6) is -0.879. The third-order valence-electron chi connectivity index (χ3n) is 5.33. The molecule has 2 heterocycles. The van der Waals surface area contributed by atoms with Gasteiger partial charge in [0.1, 0.15) is 17.7 Å². The van der Waals surface area contributed by atoms with Crippen molar-refractivity contribution in [3.8, 4) is 5.75 Å². The number of aromatic nitrogens is 2. The van der Waals surface area contributed by atoms with E-state index in [1.807, 2.05) is 0 Å². The van der Waals surface area contributed by atoms with Crippen LogP contribution in [0.25, 0.3) is 0 Å². The number of hydrogen-bond donors (Lipinski definition) is 1. The molecular weight excluding hydrogens is 474 g/mol. The first-order valence-electron chi connectivity index (χ1n) is 10.2. The molecule has 2 aliphatic rings. The minimum Gasteiger partial charge on any atom is -0.484 e. The number of ether oxygens (including phenoxy) is 3. The summed E-state index contributed by atoms with van der Waals surface area (Å²) in [6.07, 6.45) is -3.55. The quantitative estimate of drug-likeness (QED) is 0.557. The number of benzene rings is 1. The number of nitrogens with zero attached hydrogens (tertiary/aromatic N) is 2. The number of amides is 1. The molecule has 180 valence electrons. The number of hydrogen-bond acceptors (Lipinski definition) is 7. The molecule has 13 heteroatoms. The lowest BCUT2D eigenvalue weighted by Crippen LogP contribution is -2.43. The highest BCUT2D eigenvalue weighted by Crippen LogP contribution is 2.48. The van der Waals surface area contributed by atoms with Gasteiger partial charge >= 0.3 is 6.36 Å². The van der Waals surface area contributed by atoms with Crippen LogP contribution in [-0.2, 0) is 14.3 Å². The number of nitrogens with one attached hydrogen (secondary N) is 1. The van der Waals surface area contributed by atoms with E-state index < -0.39 is 30.8 Å². The van der Waals surface area contributed by atoms with Crippen molar-refractivity contribution in [2.24, 2.45) is 5.92 Å². The van der Waals surface area contributed by atoms with E-state index in [2.05, 4.69) is 20.3 Å². The monoisotopic (exact) mass is 493 g/mol. The molecule has 2 fully saturated rings. The van der Waals surface area contributed by atoms with Crippen molar-refractivity contribution in [1.82, 2.24) is 15.5 Å². The smallest absolute Gasteiger partial charge is 0.484 e. The van der Waals surface area contributed by atoms with Crippen LogP contribution in [0.15, 0.2) is 22.6 Å². The summed E-state index contributed by atoms with van der Waals surface area (Å²) in [5, 5.41) is 10.6. The maximum atomic E-state index is 13.4. The van der Waals surface area contributed by atoms with E-state index in [1.165, 1.54) is 12.1 Å². The van der Waals surface area contributed by atoms with Crippen LogP contribution in [0.3, 0.4) is 0 Å². The molecule has 2 aromatic rings. The maximum absolute atomic E-state index is 13.4. The number of rotatable bonds is 8. The van der Waals surface area contributed by atoms with Crippen LogP contribution in [0.4, 0.5) is 17.6 Å². The fraction of sp³-hybridized carbons (Fsp3) is 0.550. The summed E-state index contributed by atoms with van der Waals surface area (Å²) >= 11 is 5.60. The molecule has 1 saturated heterocycles. The van der Waals surface area contributed by atoms with Gasteiger partial charge in [-0.3, -0.25) is 9.53 Å². The summed E-state index contributed by atoms with van der Waals surface area (Å²) in [6, 6.07) is 3.63. The number of carbonyl (C=O) groups is 1. The molecule has 1 N–H and O–H groups in total. The summed E-state index contributed by atoms with van der Waals surface area (Å²) in [6.45, 7) is -0.534. The lowest BCUT2D eigenvalue weighted by molar-refractivity contribution is -0.326. The van der Waals surface area contributed by atoms with Gasteiger partial charge in [-0.25, -0.2) is 4.39 Å². The zero-order chi connectivity index (χ0) is 23.6. The molecule has 1 saturated carbocycles. The Hall–Kier alpha value is -2.44. The Bertz CT molecular complexity index is 981. The van der Waals surface area contributed by atoms with E-state index in [4.69, 9.17) is 25.5 Å². The minimum atomic E-state index is -4.66. The number of alkyl halides is 3. The third-order valence-corrected chi connectivity index (χ3v) is 5.64. The lowest BCUT2D eigenvalue weighted by Gasteiger charge is -2.27. The first-order valence-corrected chi connectivity index (χ1v) is 10.6. The van der Waals surface area contributed by atoms with Gasteiger partial charge in [-0.1, -0.05) is 11.6 Å². The van der Waals surface area contributed by atoms with Gasteiger partial charge in [0.2, 0.25) is 11.8 Å². The van der Waals surface area contributed by atoms with Crippen molar-refractivity contribution in [2.75, 3.05) is 19.8 Å². The normalized spacial score (nSPS) is 25.0. The van der Waals surface area contributed by atoms with E-state index in [1.54, 1.807) is 0 Å². The zero-order valence-electron chi connectivity index (χ0n) is 17.1. The van der Waals surface area contributed by atoms with Crippen LogP contribution in [0.2, 0.25) is 5.02 Å². The molecule has 4 atom stereocenters. The predicted molar refractivity (Wildman–Crippen MR) is 104 cm³/mol. The van der Waals surface area contributed by atoms with E-state index >= 15 is 0 Å². The molecule has 1 aromatic carbocycles. The standard InChI is InChI=1S/C20H20ClF4N3O5/c21-14-3-2-12(6-15(14)22)30-9-17(29)26-11-1-4-16(31-8-11)19-28-27-18(33-19)13-5-10(13)7-32-20(23,24)25/h2-3,6,10-11,13,16H,1,4-5,7-9H2,(H,26,29)/t10?,11-,13?,16+/m1/s1. The van der Waals surface area contributed by atoms with Crippen molar-refractivity contribution < 1.29 is 41.0 Å². The van der Waals surface area contributed by atoms with E-state index in [-0.39, 0.29) is 53.6 Å².